The molecule has 0 spiro atoms. The van der Waals surface area contributed by atoms with Crippen LogP contribution < -0.4 is 14.9 Å². The molecule has 0 fully saturated rings. The molecule has 1 atom stereocenters. The second-order valence-corrected chi connectivity index (χ2v) is 5.24. The van der Waals surface area contributed by atoms with E-state index in [4.69, 9.17) is 9.47 Å². The van der Waals surface area contributed by atoms with Gasteiger partial charge >= 0.3 is 0 Å². The first kappa shape index (κ1) is 15.7. The summed E-state index contributed by atoms with van der Waals surface area (Å²) >= 11 is 0. The number of nitrogens with zero attached hydrogens (tertiary/aromatic N) is 1. The molecule has 0 saturated carbocycles. The molecule has 1 aliphatic heterocycles. The van der Waals surface area contributed by atoms with Crippen LogP contribution in [0.4, 0.5) is 0 Å². The van der Waals surface area contributed by atoms with Crippen molar-refractivity contribution in [2.75, 3.05) is 6.61 Å². The van der Waals surface area contributed by atoms with Gasteiger partial charge in [0.2, 0.25) is 6.10 Å². The topological polar surface area (TPSA) is 100 Å². The first-order valence-electron chi connectivity index (χ1n) is 7.29. The first-order valence-corrected chi connectivity index (χ1v) is 7.29. The largest absolute Gasteiger partial charge is 0.508 e. The number of benzene rings is 2. The summed E-state index contributed by atoms with van der Waals surface area (Å²) in [5.41, 5.74) is 3.18. The van der Waals surface area contributed by atoms with Gasteiger partial charge in [-0.05, 0) is 31.2 Å². The van der Waals surface area contributed by atoms with Crippen LogP contribution in [0.2, 0.25) is 0 Å². The lowest BCUT2D eigenvalue weighted by atomic mass is 10.1. The average Bonchev–Trinajstić information content (AvgIpc) is 2.59. The summed E-state index contributed by atoms with van der Waals surface area (Å²) in [6, 6.07) is 11.2. The van der Waals surface area contributed by atoms with Crippen molar-refractivity contribution in [3.8, 4) is 23.0 Å². The Balaban J connectivity index is 1.67. The van der Waals surface area contributed by atoms with Gasteiger partial charge in [-0.25, -0.2) is 5.43 Å². The standard InChI is InChI=1S/C17H16N2O5/c1-10(12-7-6-11(20)8-13(12)21)18-19-17(22)16-9-23-14-4-2-3-5-15(14)24-16/h2-8,16,20-21H,9H2,1H3,(H,19,22)/b18-10+/t16-/m0/s1. The third-order valence-corrected chi connectivity index (χ3v) is 3.51. The number of hydrogen-bond donors (Lipinski definition) is 3. The first-order chi connectivity index (χ1) is 11.5. The highest BCUT2D eigenvalue weighted by Gasteiger charge is 2.27. The van der Waals surface area contributed by atoms with E-state index in [1.807, 2.05) is 6.07 Å². The van der Waals surface area contributed by atoms with Gasteiger partial charge in [-0.15, -0.1) is 0 Å². The van der Waals surface area contributed by atoms with E-state index in [0.717, 1.165) is 0 Å². The maximum atomic E-state index is 12.2. The molecule has 24 heavy (non-hydrogen) atoms. The van der Waals surface area contributed by atoms with Crippen molar-refractivity contribution >= 4 is 11.6 Å². The summed E-state index contributed by atoms with van der Waals surface area (Å²) in [7, 11) is 0. The van der Waals surface area contributed by atoms with Crippen molar-refractivity contribution in [1.29, 1.82) is 0 Å². The van der Waals surface area contributed by atoms with Gasteiger partial charge in [0.25, 0.3) is 5.91 Å². The number of nitrogens with one attached hydrogen (secondary N) is 1. The maximum Gasteiger partial charge on any atom is 0.284 e. The van der Waals surface area contributed by atoms with Crippen LogP contribution in [-0.4, -0.2) is 34.5 Å². The summed E-state index contributed by atoms with van der Waals surface area (Å²) in [6.45, 7) is 1.71. The van der Waals surface area contributed by atoms with Crippen LogP contribution in [0.5, 0.6) is 23.0 Å². The molecule has 0 radical (unpaired) electrons. The number of fused-ring (bicyclic) bond motifs is 1. The second kappa shape index (κ2) is 6.49. The summed E-state index contributed by atoms with van der Waals surface area (Å²) in [5, 5.41) is 23.0. The molecule has 0 aliphatic carbocycles. The van der Waals surface area contributed by atoms with E-state index in [1.54, 1.807) is 25.1 Å². The Morgan fingerprint density at radius 2 is 1.96 bits per heavy atom. The number of para-hydroxylation sites is 2. The number of amides is 1. The van der Waals surface area contributed by atoms with Gasteiger partial charge < -0.3 is 19.7 Å². The fourth-order valence-corrected chi connectivity index (χ4v) is 2.25. The lowest BCUT2D eigenvalue weighted by Gasteiger charge is -2.24. The Hall–Kier alpha value is -3.22. The summed E-state index contributed by atoms with van der Waals surface area (Å²) in [6.07, 6.45) is -0.815. The van der Waals surface area contributed by atoms with Crippen molar-refractivity contribution in [3.63, 3.8) is 0 Å². The zero-order valence-corrected chi connectivity index (χ0v) is 12.9. The molecule has 0 saturated heterocycles. The Bertz CT molecular complexity index is 803. The smallest absolute Gasteiger partial charge is 0.284 e. The zero-order chi connectivity index (χ0) is 17.1. The minimum absolute atomic E-state index is 0.0560. The van der Waals surface area contributed by atoms with E-state index in [1.165, 1.54) is 18.2 Å². The highest BCUT2D eigenvalue weighted by molar-refractivity contribution is 6.01. The minimum Gasteiger partial charge on any atom is -0.508 e. The van der Waals surface area contributed by atoms with E-state index in [2.05, 4.69) is 10.5 Å². The van der Waals surface area contributed by atoms with Crippen LogP contribution in [0.3, 0.4) is 0 Å². The van der Waals surface area contributed by atoms with Crippen LogP contribution in [0.15, 0.2) is 47.6 Å². The molecule has 2 aromatic carbocycles. The summed E-state index contributed by atoms with van der Waals surface area (Å²) in [5.74, 6) is 0.453. The molecule has 7 heteroatoms. The number of carbonyl (C=O) groups excluding carboxylic acids is 1. The number of phenolic OH excluding ortho intramolecular Hbond substituents is 2. The number of ether oxygens (including phenoxy) is 2. The predicted octanol–water partition coefficient (Wildman–Crippen LogP) is 1.78. The van der Waals surface area contributed by atoms with Crippen molar-refractivity contribution in [2.45, 2.75) is 13.0 Å². The van der Waals surface area contributed by atoms with E-state index in [-0.39, 0.29) is 18.1 Å². The lowest BCUT2D eigenvalue weighted by molar-refractivity contribution is -0.130. The monoisotopic (exact) mass is 328 g/mol. The molecule has 3 N–H and O–H groups in total. The number of hydrogen-bond acceptors (Lipinski definition) is 6. The normalized spacial score (nSPS) is 16.5. The average molecular weight is 328 g/mol. The zero-order valence-electron chi connectivity index (χ0n) is 12.9. The molecular formula is C17H16N2O5. The van der Waals surface area contributed by atoms with Gasteiger partial charge in [0.1, 0.15) is 18.1 Å². The third-order valence-electron chi connectivity index (χ3n) is 3.51. The van der Waals surface area contributed by atoms with Crippen molar-refractivity contribution < 1.29 is 24.5 Å². The molecule has 0 aromatic heterocycles. The van der Waals surface area contributed by atoms with E-state index >= 15 is 0 Å². The highest BCUT2D eigenvalue weighted by atomic mass is 16.6. The number of phenols is 2. The van der Waals surface area contributed by atoms with Gasteiger partial charge in [0.15, 0.2) is 11.5 Å². The van der Waals surface area contributed by atoms with Gasteiger partial charge in [0, 0.05) is 11.6 Å². The predicted molar refractivity (Wildman–Crippen MR) is 86.5 cm³/mol. The molecular weight excluding hydrogens is 312 g/mol. The van der Waals surface area contributed by atoms with E-state index in [9.17, 15) is 15.0 Å². The SMILES string of the molecule is C/C(=N\NC(=O)[C@@H]1COc2ccccc2O1)c1ccc(O)cc1O. The van der Waals surface area contributed by atoms with E-state index in [0.29, 0.717) is 22.8 Å². The number of hydrazone groups is 1. The molecule has 2 aromatic rings. The molecule has 3 rings (SSSR count). The fraction of sp³-hybridized carbons (Fsp3) is 0.176. The maximum absolute atomic E-state index is 12.2. The van der Waals surface area contributed by atoms with Crippen LogP contribution in [0.25, 0.3) is 0 Å². The number of rotatable bonds is 3. The Kier molecular flexibility index (Phi) is 4.24. The van der Waals surface area contributed by atoms with Crippen LogP contribution in [0.1, 0.15) is 12.5 Å². The van der Waals surface area contributed by atoms with Gasteiger partial charge in [-0.2, -0.15) is 5.10 Å². The van der Waals surface area contributed by atoms with Crippen LogP contribution in [-0.2, 0) is 4.79 Å². The van der Waals surface area contributed by atoms with Crippen molar-refractivity contribution in [1.82, 2.24) is 5.43 Å². The summed E-state index contributed by atoms with van der Waals surface area (Å²) in [4.78, 5) is 12.2. The van der Waals surface area contributed by atoms with Crippen molar-refractivity contribution in [2.24, 2.45) is 5.10 Å². The Morgan fingerprint density at radius 1 is 1.21 bits per heavy atom. The van der Waals surface area contributed by atoms with Crippen LogP contribution in [0, 0.1) is 0 Å². The van der Waals surface area contributed by atoms with Gasteiger partial charge in [0.05, 0.1) is 5.71 Å². The molecule has 0 bridgehead atoms. The van der Waals surface area contributed by atoms with Crippen molar-refractivity contribution in [3.05, 3.63) is 48.0 Å². The fourth-order valence-electron chi connectivity index (χ4n) is 2.25. The lowest BCUT2D eigenvalue weighted by Crippen LogP contribution is -2.42. The molecule has 7 nitrogen and oxygen atoms in total. The quantitative estimate of drug-likeness (QED) is 0.589. The Labute approximate surface area is 138 Å². The summed E-state index contributed by atoms with van der Waals surface area (Å²) < 4.78 is 11.1. The van der Waals surface area contributed by atoms with E-state index < -0.39 is 12.0 Å². The number of carbonyl (C=O) groups is 1. The molecule has 1 amide bonds. The van der Waals surface area contributed by atoms with Gasteiger partial charge in [-0.3, -0.25) is 4.79 Å². The molecule has 0 unspecified atom stereocenters. The second-order valence-electron chi connectivity index (χ2n) is 5.24. The minimum atomic E-state index is -0.815. The van der Waals surface area contributed by atoms with Gasteiger partial charge in [-0.1, -0.05) is 12.1 Å². The molecule has 1 aliphatic rings. The van der Waals surface area contributed by atoms with Crippen LogP contribution >= 0.6 is 0 Å². The highest BCUT2D eigenvalue weighted by Crippen LogP contribution is 2.30. The number of aromatic hydroxyl groups is 2. The third kappa shape index (κ3) is 3.24. The molecule has 1 heterocycles. The Morgan fingerprint density at radius 3 is 2.71 bits per heavy atom. The molecule has 124 valence electrons.